The average Bonchev–Trinajstić information content (AvgIpc) is 3.05. The fourth-order valence-electron chi connectivity index (χ4n) is 2.81. The van der Waals surface area contributed by atoms with Crippen LogP contribution in [-0.2, 0) is 9.59 Å². The molecule has 0 spiro atoms. The number of amides is 2. The first-order chi connectivity index (χ1) is 11.9. The molecule has 1 aromatic rings. The summed E-state index contributed by atoms with van der Waals surface area (Å²) in [5.41, 5.74) is 0.399. The topological polar surface area (TPSA) is 86.7 Å². The zero-order chi connectivity index (χ0) is 18.4. The van der Waals surface area contributed by atoms with Crippen molar-refractivity contribution < 1.29 is 19.5 Å². The Morgan fingerprint density at radius 1 is 1.20 bits per heavy atom. The van der Waals surface area contributed by atoms with Crippen molar-refractivity contribution in [1.82, 2.24) is 10.2 Å². The Morgan fingerprint density at radius 2 is 1.96 bits per heavy atom. The van der Waals surface area contributed by atoms with E-state index in [2.05, 4.69) is 5.32 Å². The van der Waals surface area contributed by atoms with Crippen LogP contribution in [0.4, 0.5) is 0 Å². The van der Waals surface area contributed by atoms with E-state index in [1.54, 1.807) is 17.0 Å². The third-order valence-corrected chi connectivity index (χ3v) is 4.84. The highest BCUT2D eigenvalue weighted by atomic mass is 35.5. The van der Waals surface area contributed by atoms with Crippen LogP contribution < -0.4 is 5.32 Å². The van der Waals surface area contributed by atoms with Crippen molar-refractivity contribution in [1.29, 1.82) is 0 Å². The molecule has 8 heteroatoms. The van der Waals surface area contributed by atoms with Gasteiger partial charge in [-0.1, -0.05) is 23.2 Å². The number of carbonyl (C=O) groups excluding carboxylic acids is 2. The van der Waals surface area contributed by atoms with E-state index in [-0.39, 0.29) is 18.2 Å². The predicted octanol–water partition coefficient (Wildman–Crippen LogP) is 2.97. The SMILES string of the molecule is O=C(O)CCCCNC(=O)C1CCCN1C(=O)c1ccc(Cl)c(Cl)c1. The van der Waals surface area contributed by atoms with E-state index < -0.39 is 12.0 Å². The quantitative estimate of drug-likeness (QED) is 0.705. The fraction of sp³-hybridized carbons (Fsp3) is 0.471. The molecule has 0 radical (unpaired) electrons. The maximum absolute atomic E-state index is 12.7. The number of aliphatic carboxylic acids is 1. The van der Waals surface area contributed by atoms with Gasteiger partial charge in [-0.25, -0.2) is 0 Å². The number of carboxylic acids is 1. The molecule has 2 rings (SSSR count). The number of benzene rings is 1. The van der Waals surface area contributed by atoms with Gasteiger partial charge in [0.05, 0.1) is 10.0 Å². The number of rotatable bonds is 7. The van der Waals surface area contributed by atoms with Gasteiger partial charge in [-0.15, -0.1) is 0 Å². The molecular weight excluding hydrogens is 367 g/mol. The van der Waals surface area contributed by atoms with Gasteiger partial charge in [0.1, 0.15) is 6.04 Å². The Labute approximate surface area is 156 Å². The molecule has 0 aliphatic carbocycles. The van der Waals surface area contributed by atoms with Gasteiger partial charge in [0.15, 0.2) is 0 Å². The Morgan fingerprint density at radius 3 is 2.64 bits per heavy atom. The Bertz CT molecular complexity index is 666. The van der Waals surface area contributed by atoms with Crippen molar-refractivity contribution in [3.8, 4) is 0 Å². The first-order valence-electron chi connectivity index (χ1n) is 8.15. The summed E-state index contributed by atoms with van der Waals surface area (Å²) < 4.78 is 0. The zero-order valence-corrected chi connectivity index (χ0v) is 15.1. The second-order valence-corrected chi connectivity index (χ2v) is 6.74. The van der Waals surface area contributed by atoms with Crippen LogP contribution in [0.3, 0.4) is 0 Å². The van der Waals surface area contributed by atoms with Gasteiger partial charge < -0.3 is 15.3 Å². The molecule has 1 aromatic carbocycles. The number of hydrogen-bond donors (Lipinski definition) is 2. The molecule has 2 N–H and O–H groups in total. The van der Waals surface area contributed by atoms with Gasteiger partial charge in [0.2, 0.25) is 5.91 Å². The van der Waals surface area contributed by atoms with E-state index in [4.69, 9.17) is 28.3 Å². The molecule has 1 aliphatic heterocycles. The second kappa shape index (κ2) is 9.06. The van der Waals surface area contributed by atoms with Gasteiger partial charge in [-0.05, 0) is 43.9 Å². The summed E-state index contributed by atoms with van der Waals surface area (Å²) >= 11 is 11.8. The van der Waals surface area contributed by atoms with Crippen molar-refractivity contribution in [3.63, 3.8) is 0 Å². The van der Waals surface area contributed by atoms with Crippen LogP contribution in [0.2, 0.25) is 10.0 Å². The van der Waals surface area contributed by atoms with Gasteiger partial charge in [0, 0.05) is 25.1 Å². The Balaban J connectivity index is 1.92. The Kier molecular flexibility index (Phi) is 7.08. The van der Waals surface area contributed by atoms with Crippen LogP contribution >= 0.6 is 23.2 Å². The summed E-state index contributed by atoms with van der Waals surface area (Å²) in [5, 5.41) is 12.0. The number of nitrogens with zero attached hydrogens (tertiary/aromatic N) is 1. The van der Waals surface area contributed by atoms with Crippen LogP contribution in [0.5, 0.6) is 0 Å². The molecular formula is C17H20Cl2N2O4. The monoisotopic (exact) mass is 386 g/mol. The summed E-state index contributed by atoms with van der Waals surface area (Å²) in [6, 6.07) is 4.15. The van der Waals surface area contributed by atoms with Gasteiger partial charge in [-0.2, -0.15) is 0 Å². The van der Waals surface area contributed by atoms with Crippen LogP contribution in [0, 0.1) is 0 Å². The molecule has 25 heavy (non-hydrogen) atoms. The van der Waals surface area contributed by atoms with Crippen molar-refractivity contribution in [2.75, 3.05) is 13.1 Å². The normalized spacial score (nSPS) is 16.7. The first-order valence-corrected chi connectivity index (χ1v) is 8.91. The van der Waals surface area contributed by atoms with E-state index in [0.29, 0.717) is 48.0 Å². The van der Waals surface area contributed by atoms with Crippen LogP contribution in [0.25, 0.3) is 0 Å². The average molecular weight is 387 g/mol. The number of halogens is 2. The molecule has 1 heterocycles. The number of hydrogen-bond acceptors (Lipinski definition) is 3. The number of carbonyl (C=O) groups is 3. The van der Waals surface area contributed by atoms with E-state index >= 15 is 0 Å². The van der Waals surface area contributed by atoms with Crippen molar-refractivity contribution in [2.45, 2.75) is 38.1 Å². The minimum absolute atomic E-state index is 0.0846. The summed E-state index contributed by atoms with van der Waals surface area (Å²) in [6.07, 6.45) is 2.54. The van der Waals surface area contributed by atoms with Crippen LogP contribution in [-0.4, -0.2) is 46.9 Å². The maximum Gasteiger partial charge on any atom is 0.303 e. The van der Waals surface area contributed by atoms with Crippen molar-refractivity contribution >= 4 is 41.0 Å². The van der Waals surface area contributed by atoms with Crippen molar-refractivity contribution in [3.05, 3.63) is 33.8 Å². The number of unbranched alkanes of at least 4 members (excludes halogenated alkanes) is 1. The maximum atomic E-state index is 12.7. The summed E-state index contributed by atoms with van der Waals surface area (Å²) in [5.74, 6) is -1.30. The molecule has 136 valence electrons. The van der Waals surface area contributed by atoms with E-state index in [9.17, 15) is 14.4 Å². The zero-order valence-electron chi connectivity index (χ0n) is 13.6. The molecule has 0 aromatic heterocycles. The predicted molar refractivity (Wildman–Crippen MR) is 95.0 cm³/mol. The van der Waals surface area contributed by atoms with Crippen LogP contribution in [0.15, 0.2) is 18.2 Å². The minimum atomic E-state index is -0.847. The molecule has 1 atom stereocenters. The summed E-state index contributed by atoms with van der Waals surface area (Å²) in [7, 11) is 0. The third kappa shape index (κ3) is 5.34. The lowest BCUT2D eigenvalue weighted by Gasteiger charge is -2.24. The summed E-state index contributed by atoms with van der Waals surface area (Å²) in [4.78, 5) is 37.0. The third-order valence-electron chi connectivity index (χ3n) is 4.10. The molecule has 0 bridgehead atoms. The highest BCUT2D eigenvalue weighted by molar-refractivity contribution is 6.42. The lowest BCUT2D eigenvalue weighted by molar-refractivity contribution is -0.137. The minimum Gasteiger partial charge on any atom is -0.481 e. The molecule has 2 amide bonds. The summed E-state index contributed by atoms with van der Waals surface area (Å²) in [6.45, 7) is 0.910. The molecule has 1 aliphatic rings. The standard InChI is InChI=1S/C17H20Cl2N2O4/c18-12-7-6-11(10-13(12)19)17(25)21-9-3-4-14(21)16(24)20-8-2-1-5-15(22)23/h6-7,10,14H,1-5,8-9H2,(H,20,24)(H,22,23). The Hall–Kier alpha value is -1.79. The second-order valence-electron chi connectivity index (χ2n) is 5.93. The largest absolute Gasteiger partial charge is 0.481 e. The molecule has 1 fully saturated rings. The molecule has 1 unspecified atom stereocenters. The van der Waals surface area contributed by atoms with Crippen LogP contribution in [0.1, 0.15) is 42.5 Å². The van der Waals surface area contributed by atoms with E-state index in [1.165, 1.54) is 6.07 Å². The number of likely N-dealkylation sites (tertiary alicyclic amines) is 1. The number of carboxylic acid groups (broad SMARTS) is 1. The van der Waals surface area contributed by atoms with Gasteiger partial charge >= 0.3 is 5.97 Å². The van der Waals surface area contributed by atoms with Gasteiger partial charge in [0.25, 0.3) is 5.91 Å². The van der Waals surface area contributed by atoms with E-state index in [0.717, 1.165) is 6.42 Å². The molecule has 1 saturated heterocycles. The highest BCUT2D eigenvalue weighted by Gasteiger charge is 2.34. The molecule has 6 nitrogen and oxygen atoms in total. The first kappa shape index (κ1) is 19.5. The lowest BCUT2D eigenvalue weighted by atomic mass is 10.1. The molecule has 0 saturated carbocycles. The van der Waals surface area contributed by atoms with E-state index in [1.807, 2.05) is 0 Å². The smallest absolute Gasteiger partial charge is 0.303 e. The number of nitrogens with one attached hydrogen (secondary N) is 1. The fourth-order valence-corrected chi connectivity index (χ4v) is 3.11. The van der Waals surface area contributed by atoms with Crippen molar-refractivity contribution in [2.24, 2.45) is 0 Å². The highest BCUT2D eigenvalue weighted by Crippen LogP contribution is 2.25. The lowest BCUT2D eigenvalue weighted by Crippen LogP contribution is -2.46. The van der Waals surface area contributed by atoms with Gasteiger partial charge in [-0.3, -0.25) is 14.4 Å².